The van der Waals surface area contributed by atoms with Crippen molar-refractivity contribution < 1.29 is 10.0 Å². The summed E-state index contributed by atoms with van der Waals surface area (Å²) in [6.45, 7) is 3.90. The van der Waals surface area contributed by atoms with Crippen molar-refractivity contribution in [3.05, 3.63) is 40.6 Å². The third-order valence-electron chi connectivity index (χ3n) is 2.19. The van der Waals surface area contributed by atoms with Gasteiger partial charge in [-0.05, 0) is 0 Å². The van der Waals surface area contributed by atoms with E-state index < -0.39 is 4.92 Å². The standard InChI is InChI=1S/C11H12N4O3/c1-2-3-14(4-5-16)11-10(15(17)18)6-9(7-12)8-13-11/h2,6,8,16H,1,3-5H2. The molecule has 1 aromatic rings. The lowest BCUT2D eigenvalue weighted by Crippen LogP contribution is -2.28. The second-order valence-corrected chi connectivity index (χ2v) is 3.39. The molecule has 0 spiro atoms. The highest BCUT2D eigenvalue weighted by molar-refractivity contribution is 5.60. The van der Waals surface area contributed by atoms with E-state index in [0.717, 1.165) is 6.07 Å². The quantitative estimate of drug-likeness (QED) is 0.454. The van der Waals surface area contributed by atoms with Gasteiger partial charge in [-0.15, -0.1) is 6.58 Å². The first-order chi connectivity index (χ1) is 8.63. The lowest BCUT2D eigenvalue weighted by Gasteiger charge is -2.20. The molecular weight excluding hydrogens is 236 g/mol. The molecule has 7 nitrogen and oxygen atoms in total. The highest BCUT2D eigenvalue weighted by Gasteiger charge is 2.21. The molecule has 0 bridgehead atoms. The molecule has 1 aromatic heterocycles. The van der Waals surface area contributed by atoms with Gasteiger partial charge in [0.15, 0.2) is 0 Å². The maximum Gasteiger partial charge on any atom is 0.312 e. The van der Waals surface area contributed by atoms with E-state index in [1.165, 1.54) is 11.1 Å². The first kappa shape index (κ1) is 13.6. The maximum absolute atomic E-state index is 10.9. The Bertz CT molecular complexity index is 496. The smallest absolute Gasteiger partial charge is 0.312 e. The molecular formula is C11H12N4O3. The van der Waals surface area contributed by atoms with Gasteiger partial charge in [-0.2, -0.15) is 5.26 Å². The molecule has 94 valence electrons. The van der Waals surface area contributed by atoms with Crippen LogP contribution < -0.4 is 4.90 Å². The predicted molar refractivity (Wildman–Crippen MR) is 65.1 cm³/mol. The summed E-state index contributed by atoms with van der Waals surface area (Å²) in [4.78, 5) is 15.8. The highest BCUT2D eigenvalue weighted by atomic mass is 16.6. The van der Waals surface area contributed by atoms with Crippen molar-refractivity contribution in [2.75, 3.05) is 24.6 Å². The number of aliphatic hydroxyl groups is 1. The van der Waals surface area contributed by atoms with Crippen molar-refractivity contribution in [1.82, 2.24) is 4.98 Å². The molecule has 0 aliphatic carbocycles. The third kappa shape index (κ3) is 3.02. The number of aromatic nitrogens is 1. The van der Waals surface area contributed by atoms with Gasteiger partial charge in [0.1, 0.15) is 6.07 Å². The van der Waals surface area contributed by atoms with Crippen molar-refractivity contribution >= 4 is 11.5 Å². The fourth-order valence-corrected chi connectivity index (χ4v) is 1.45. The van der Waals surface area contributed by atoms with Crippen molar-refractivity contribution in [3.63, 3.8) is 0 Å². The largest absolute Gasteiger partial charge is 0.395 e. The van der Waals surface area contributed by atoms with E-state index in [0.29, 0.717) is 6.54 Å². The fourth-order valence-electron chi connectivity index (χ4n) is 1.45. The number of anilines is 1. The first-order valence-electron chi connectivity index (χ1n) is 5.15. The van der Waals surface area contributed by atoms with Gasteiger partial charge in [-0.25, -0.2) is 4.98 Å². The summed E-state index contributed by atoms with van der Waals surface area (Å²) in [7, 11) is 0. The van der Waals surface area contributed by atoms with Crippen LogP contribution in [0.4, 0.5) is 11.5 Å². The summed E-state index contributed by atoms with van der Waals surface area (Å²) in [5.41, 5.74) is -0.141. The zero-order valence-electron chi connectivity index (χ0n) is 9.61. The monoisotopic (exact) mass is 248 g/mol. The Morgan fingerprint density at radius 3 is 2.94 bits per heavy atom. The molecule has 0 fully saturated rings. The Morgan fingerprint density at radius 2 is 2.44 bits per heavy atom. The molecule has 0 saturated heterocycles. The molecule has 0 unspecified atom stereocenters. The Morgan fingerprint density at radius 1 is 1.72 bits per heavy atom. The number of hydrogen-bond donors (Lipinski definition) is 1. The summed E-state index contributed by atoms with van der Waals surface area (Å²) in [5.74, 6) is 0.118. The van der Waals surface area contributed by atoms with Crippen molar-refractivity contribution in [3.8, 4) is 6.07 Å². The molecule has 18 heavy (non-hydrogen) atoms. The van der Waals surface area contributed by atoms with E-state index in [4.69, 9.17) is 10.4 Å². The van der Waals surface area contributed by atoms with Crippen LogP contribution in [0.15, 0.2) is 24.9 Å². The predicted octanol–water partition coefficient (Wildman–Crippen LogP) is 0.846. The van der Waals surface area contributed by atoms with Crippen LogP contribution in [0.2, 0.25) is 0 Å². The lowest BCUT2D eigenvalue weighted by molar-refractivity contribution is -0.384. The number of aliphatic hydroxyl groups excluding tert-OH is 1. The van der Waals surface area contributed by atoms with Gasteiger partial charge in [0.25, 0.3) is 0 Å². The SMILES string of the molecule is C=CCN(CCO)c1ncc(C#N)cc1[N+](=O)[O-]. The number of nitriles is 1. The summed E-state index contributed by atoms with van der Waals surface area (Å²) in [5, 5.41) is 28.6. The van der Waals surface area contributed by atoms with Crippen LogP contribution in [0, 0.1) is 21.4 Å². The topological polar surface area (TPSA) is 103 Å². The zero-order valence-corrected chi connectivity index (χ0v) is 9.61. The van der Waals surface area contributed by atoms with Crippen LogP contribution in [-0.2, 0) is 0 Å². The summed E-state index contributed by atoms with van der Waals surface area (Å²) >= 11 is 0. The molecule has 0 aliphatic rings. The first-order valence-corrected chi connectivity index (χ1v) is 5.15. The van der Waals surface area contributed by atoms with E-state index in [2.05, 4.69) is 11.6 Å². The van der Waals surface area contributed by atoms with Gasteiger partial charge in [0.05, 0.1) is 17.1 Å². The van der Waals surface area contributed by atoms with Gasteiger partial charge < -0.3 is 10.0 Å². The molecule has 0 aliphatic heterocycles. The molecule has 0 radical (unpaired) electrons. The number of pyridine rings is 1. The van der Waals surface area contributed by atoms with Gasteiger partial charge in [-0.3, -0.25) is 10.1 Å². The van der Waals surface area contributed by atoms with E-state index in [9.17, 15) is 10.1 Å². The van der Waals surface area contributed by atoms with E-state index in [1.807, 2.05) is 0 Å². The number of nitro groups is 1. The van der Waals surface area contributed by atoms with Crippen molar-refractivity contribution in [1.29, 1.82) is 5.26 Å². The molecule has 0 aromatic carbocycles. The molecule has 0 saturated carbocycles. The maximum atomic E-state index is 10.9. The molecule has 1 N–H and O–H groups in total. The van der Waals surface area contributed by atoms with E-state index >= 15 is 0 Å². The molecule has 1 rings (SSSR count). The van der Waals surface area contributed by atoms with Gasteiger partial charge >= 0.3 is 5.69 Å². The van der Waals surface area contributed by atoms with Crippen LogP contribution in [0.1, 0.15) is 5.56 Å². The second kappa shape index (κ2) is 6.32. The average molecular weight is 248 g/mol. The third-order valence-corrected chi connectivity index (χ3v) is 2.19. The molecule has 0 amide bonds. The van der Waals surface area contributed by atoms with E-state index in [1.54, 1.807) is 12.1 Å². The number of nitrogens with zero attached hydrogens (tertiary/aromatic N) is 4. The minimum atomic E-state index is -0.601. The molecule has 0 atom stereocenters. The Kier molecular flexibility index (Phi) is 4.78. The Labute approximate surface area is 104 Å². The lowest BCUT2D eigenvalue weighted by atomic mass is 10.2. The normalized spacial score (nSPS) is 9.56. The summed E-state index contributed by atoms with van der Waals surface area (Å²) in [6, 6.07) is 2.96. The minimum Gasteiger partial charge on any atom is -0.395 e. The highest BCUT2D eigenvalue weighted by Crippen LogP contribution is 2.26. The number of hydrogen-bond acceptors (Lipinski definition) is 6. The van der Waals surface area contributed by atoms with Crippen LogP contribution in [-0.4, -0.2) is 34.7 Å². The van der Waals surface area contributed by atoms with Crippen LogP contribution in [0.5, 0.6) is 0 Å². The summed E-state index contributed by atoms with van der Waals surface area (Å²) < 4.78 is 0. The van der Waals surface area contributed by atoms with Crippen molar-refractivity contribution in [2.45, 2.75) is 0 Å². The Balaban J connectivity index is 3.24. The average Bonchev–Trinajstić information content (AvgIpc) is 2.37. The van der Waals surface area contributed by atoms with Crippen LogP contribution in [0.25, 0.3) is 0 Å². The second-order valence-electron chi connectivity index (χ2n) is 3.39. The van der Waals surface area contributed by atoms with Gasteiger partial charge in [-0.1, -0.05) is 6.08 Å². The Hall–Kier alpha value is -2.46. The molecule has 7 heteroatoms. The fraction of sp³-hybridized carbons (Fsp3) is 0.273. The van der Waals surface area contributed by atoms with E-state index in [-0.39, 0.29) is 30.2 Å². The van der Waals surface area contributed by atoms with Crippen LogP contribution >= 0.6 is 0 Å². The minimum absolute atomic E-state index is 0.118. The van der Waals surface area contributed by atoms with Gasteiger partial charge in [0, 0.05) is 25.4 Å². The van der Waals surface area contributed by atoms with Crippen LogP contribution in [0.3, 0.4) is 0 Å². The zero-order chi connectivity index (χ0) is 13.5. The number of rotatable bonds is 6. The van der Waals surface area contributed by atoms with Gasteiger partial charge in [0.2, 0.25) is 5.82 Å². The summed E-state index contributed by atoms with van der Waals surface area (Å²) in [6.07, 6.45) is 2.81. The van der Waals surface area contributed by atoms with Crippen molar-refractivity contribution in [2.24, 2.45) is 0 Å². The molecule has 1 heterocycles.